The molecule has 3 heterocycles. The predicted molar refractivity (Wildman–Crippen MR) is 94.9 cm³/mol. The van der Waals surface area contributed by atoms with Gasteiger partial charge in [-0.15, -0.1) is 0 Å². The van der Waals surface area contributed by atoms with Crippen molar-refractivity contribution < 1.29 is 14.0 Å². The van der Waals surface area contributed by atoms with E-state index in [1.54, 1.807) is 34.3 Å². The fourth-order valence-electron chi connectivity index (χ4n) is 3.98. The molecule has 1 aromatic carbocycles. The summed E-state index contributed by atoms with van der Waals surface area (Å²) in [4.78, 5) is 33.2. The third-order valence-electron chi connectivity index (χ3n) is 5.42. The lowest BCUT2D eigenvalue weighted by Crippen LogP contribution is -2.38. The molecule has 5 nitrogen and oxygen atoms in total. The molecule has 2 aromatic rings. The van der Waals surface area contributed by atoms with Gasteiger partial charge < -0.3 is 9.80 Å². The van der Waals surface area contributed by atoms with Crippen molar-refractivity contribution >= 4 is 17.5 Å². The average Bonchev–Trinajstić information content (AvgIpc) is 3.21. The summed E-state index contributed by atoms with van der Waals surface area (Å²) < 4.78 is 13.3. The van der Waals surface area contributed by atoms with Gasteiger partial charge in [-0.3, -0.25) is 14.6 Å². The van der Waals surface area contributed by atoms with E-state index in [9.17, 15) is 14.0 Å². The molecule has 2 saturated heterocycles. The van der Waals surface area contributed by atoms with Gasteiger partial charge in [-0.05, 0) is 42.7 Å². The van der Waals surface area contributed by atoms with Gasteiger partial charge in [0, 0.05) is 25.8 Å². The van der Waals surface area contributed by atoms with Crippen molar-refractivity contribution in [3.8, 4) is 0 Å². The summed E-state index contributed by atoms with van der Waals surface area (Å²) in [5.74, 6) is -0.321. The second-order valence-electron chi connectivity index (χ2n) is 7.07. The zero-order valence-electron chi connectivity index (χ0n) is 14.4. The summed E-state index contributed by atoms with van der Waals surface area (Å²) in [5.41, 5.74) is 0.970. The van der Waals surface area contributed by atoms with Gasteiger partial charge in [0.25, 0.3) is 0 Å². The number of carbonyl (C=O) groups is 2. The quantitative estimate of drug-likeness (QED) is 0.852. The van der Waals surface area contributed by atoms with E-state index in [0.717, 1.165) is 12.1 Å². The van der Waals surface area contributed by atoms with Crippen LogP contribution in [0.5, 0.6) is 0 Å². The number of halogens is 1. The van der Waals surface area contributed by atoms with Crippen molar-refractivity contribution in [1.82, 2.24) is 9.88 Å². The summed E-state index contributed by atoms with van der Waals surface area (Å²) >= 11 is 0. The molecule has 1 spiro atoms. The molecule has 134 valence electrons. The Kier molecular flexibility index (Phi) is 4.18. The van der Waals surface area contributed by atoms with Gasteiger partial charge in [0.05, 0.1) is 23.7 Å². The van der Waals surface area contributed by atoms with Crippen molar-refractivity contribution in [1.29, 1.82) is 0 Å². The van der Waals surface area contributed by atoms with E-state index in [1.807, 2.05) is 12.1 Å². The SMILES string of the molecule is O=C(Cc1cccc(F)c1)N1CC[C@@]2(CCN(c3cccnc3)C2=O)C1. The number of hydrogen-bond acceptors (Lipinski definition) is 3. The summed E-state index contributed by atoms with van der Waals surface area (Å²) in [7, 11) is 0. The standard InChI is InChI=1S/C20H20FN3O2/c21-16-4-1-3-15(11-16)12-18(25)23-9-6-20(14-23)7-10-24(19(20)26)17-5-2-8-22-13-17/h1-5,8,11,13H,6-7,9-10,12,14H2/t20-/m1/s1. The fourth-order valence-corrected chi connectivity index (χ4v) is 3.98. The molecule has 2 aliphatic heterocycles. The Morgan fingerprint density at radius 2 is 2.04 bits per heavy atom. The Bertz CT molecular complexity index is 842. The number of likely N-dealkylation sites (tertiary alicyclic amines) is 1. The highest BCUT2D eigenvalue weighted by Crippen LogP contribution is 2.42. The van der Waals surface area contributed by atoms with Crippen molar-refractivity contribution in [3.05, 3.63) is 60.2 Å². The topological polar surface area (TPSA) is 53.5 Å². The summed E-state index contributed by atoms with van der Waals surface area (Å²) in [6, 6.07) is 9.80. The number of rotatable bonds is 3. The van der Waals surface area contributed by atoms with Gasteiger partial charge >= 0.3 is 0 Å². The molecule has 2 amide bonds. The summed E-state index contributed by atoms with van der Waals surface area (Å²) in [6.07, 6.45) is 4.96. The molecule has 0 unspecified atom stereocenters. The Labute approximate surface area is 151 Å². The number of benzene rings is 1. The van der Waals surface area contributed by atoms with Crippen LogP contribution < -0.4 is 4.90 Å². The van der Waals surface area contributed by atoms with Crippen LogP contribution in [0.2, 0.25) is 0 Å². The van der Waals surface area contributed by atoms with E-state index in [4.69, 9.17) is 0 Å². The molecular weight excluding hydrogens is 333 g/mol. The highest BCUT2D eigenvalue weighted by atomic mass is 19.1. The third-order valence-corrected chi connectivity index (χ3v) is 5.42. The highest BCUT2D eigenvalue weighted by Gasteiger charge is 2.51. The number of nitrogens with zero attached hydrogens (tertiary/aromatic N) is 3. The second kappa shape index (κ2) is 6.52. The first-order valence-electron chi connectivity index (χ1n) is 8.82. The van der Waals surface area contributed by atoms with Gasteiger partial charge in [0.15, 0.2) is 0 Å². The molecule has 26 heavy (non-hydrogen) atoms. The average molecular weight is 353 g/mol. The number of pyridine rings is 1. The van der Waals surface area contributed by atoms with Gasteiger partial charge in [0.1, 0.15) is 5.82 Å². The van der Waals surface area contributed by atoms with Crippen LogP contribution in [-0.2, 0) is 16.0 Å². The third kappa shape index (κ3) is 2.96. The molecular formula is C20H20FN3O2. The fraction of sp³-hybridized carbons (Fsp3) is 0.350. The minimum absolute atomic E-state index is 0.0555. The normalized spacial score (nSPS) is 22.4. The predicted octanol–water partition coefficient (Wildman–Crippen LogP) is 2.42. The van der Waals surface area contributed by atoms with E-state index >= 15 is 0 Å². The number of aromatic nitrogens is 1. The lowest BCUT2D eigenvalue weighted by molar-refractivity contribution is -0.130. The van der Waals surface area contributed by atoms with Crippen LogP contribution in [0, 0.1) is 11.2 Å². The largest absolute Gasteiger partial charge is 0.341 e. The van der Waals surface area contributed by atoms with E-state index in [0.29, 0.717) is 31.6 Å². The summed E-state index contributed by atoms with van der Waals surface area (Å²) in [5, 5.41) is 0. The Morgan fingerprint density at radius 1 is 1.19 bits per heavy atom. The molecule has 1 atom stereocenters. The van der Waals surface area contributed by atoms with Crippen LogP contribution in [0.25, 0.3) is 0 Å². The van der Waals surface area contributed by atoms with Gasteiger partial charge in [0.2, 0.25) is 11.8 Å². The van der Waals surface area contributed by atoms with E-state index in [2.05, 4.69) is 4.98 Å². The lowest BCUT2D eigenvalue weighted by Gasteiger charge is -2.23. The van der Waals surface area contributed by atoms with Gasteiger partial charge in [-0.25, -0.2) is 4.39 Å². The van der Waals surface area contributed by atoms with E-state index < -0.39 is 5.41 Å². The number of amides is 2. The smallest absolute Gasteiger partial charge is 0.235 e. The Balaban J connectivity index is 1.45. The minimum atomic E-state index is -0.493. The lowest BCUT2D eigenvalue weighted by atomic mass is 9.85. The van der Waals surface area contributed by atoms with Crippen molar-refractivity contribution in [2.75, 3.05) is 24.5 Å². The number of anilines is 1. The molecule has 0 aliphatic carbocycles. The zero-order valence-corrected chi connectivity index (χ0v) is 14.4. The maximum Gasteiger partial charge on any atom is 0.235 e. The molecule has 0 saturated carbocycles. The number of carbonyl (C=O) groups excluding carboxylic acids is 2. The molecule has 0 radical (unpaired) electrons. The maximum absolute atomic E-state index is 13.3. The van der Waals surface area contributed by atoms with Crippen molar-refractivity contribution in [2.45, 2.75) is 19.3 Å². The van der Waals surface area contributed by atoms with Crippen molar-refractivity contribution in [2.24, 2.45) is 5.41 Å². The van der Waals surface area contributed by atoms with Crippen LogP contribution >= 0.6 is 0 Å². The van der Waals surface area contributed by atoms with Crippen molar-refractivity contribution in [3.63, 3.8) is 0 Å². The van der Waals surface area contributed by atoms with Crippen LogP contribution in [0.15, 0.2) is 48.8 Å². The van der Waals surface area contributed by atoms with Crippen LogP contribution in [0.3, 0.4) is 0 Å². The van der Waals surface area contributed by atoms with Crippen LogP contribution in [0.4, 0.5) is 10.1 Å². The van der Waals surface area contributed by atoms with Gasteiger partial charge in [-0.1, -0.05) is 12.1 Å². The van der Waals surface area contributed by atoms with E-state index in [-0.39, 0.29) is 24.1 Å². The molecule has 0 bridgehead atoms. The molecule has 4 rings (SSSR count). The molecule has 2 aliphatic rings. The zero-order chi connectivity index (χ0) is 18.1. The highest BCUT2D eigenvalue weighted by molar-refractivity contribution is 6.00. The second-order valence-corrected chi connectivity index (χ2v) is 7.07. The first kappa shape index (κ1) is 16.7. The molecule has 2 fully saturated rings. The molecule has 6 heteroatoms. The first-order chi connectivity index (χ1) is 12.6. The minimum Gasteiger partial charge on any atom is -0.341 e. The summed E-state index contributed by atoms with van der Waals surface area (Å²) in [6.45, 7) is 1.66. The van der Waals surface area contributed by atoms with Crippen LogP contribution in [-0.4, -0.2) is 41.3 Å². The van der Waals surface area contributed by atoms with Crippen LogP contribution in [0.1, 0.15) is 18.4 Å². The van der Waals surface area contributed by atoms with E-state index in [1.165, 1.54) is 12.1 Å². The Morgan fingerprint density at radius 3 is 2.81 bits per heavy atom. The Hall–Kier alpha value is -2.76. The monoisotopic (exact) mass is 353 g/mol. The molecule has 1 aromatic heterocycles. The molecule has 0 N–H and O–H groups in total. The first-order valence-corrected chi connectivity index (χ1v) is 8.82. The maximum atomic E-state index is 13.3. The van der Waals surface area contributed by atoms with Gasteiger partial charge in [-0.2, -0.15) is 0 Å². The number of hydrogen-bond donors (Lipinski definition) is 0.